The van der Waals surface area contributed by atoms with Crippen LogP contribution < -0.4 is 10.4 Å². The van der Waals surface area contributed by atoms with E-state index >= 15 is 0 Å². The van der Waals surface area contributed by atoms with Crippen molar-refractivity contribution >= 4 is 28.5 Å². The molecule has 0 bridgehead atoms. The fraction of sp³-hybridized carbons (Fsp3) is 0.120. The normalized spacial score (nSPS) is 11.8. The molecule has 6 heteroatoms. The summed E-state index contributed by atoms with van der Waals surface area (Å²) >= 11 is 6.55. The standard InChI is InChI=1S/C25H20ClNO4/c1-27(2)25(29)24(17-11-7-4-8-12-17)31-22-15-21-19(13-20(22)26)18(14-23(28)30-21)16-9-5-3-6-10-16/h3-15,24H,1-2H3. The Morgan fingerprint density at radius 3 is 2.26 bits per heavy atom. The highest BCUT2D eigenvalue weighted by atomic mass is 35.5. The average Bonchev–Trinajstić information content (AvgIpc) is 2.78. The highest BCUT2D eigenvalue weighted by Crippen LogP contribution is 2.37. The van der Waals surface area contributed by atoms with Gasteiger partial charge in [0.1, 0.15) is 11.3 Å². The second-order valence-corrected chi connectivity index (χ2v) is 7.67. The monoisotopic (exact) mass is 433 g/mol. The Hall–Kier alpha value is -3.57. The molecule has 0 aliphatic carbocycles. The Morgan fingerprint density at radius 1 is 0.968 bits per heavy atom. The molecule has 4 aromatic rings. The first-order valence-corrected chi connectivity index (χ1v) is 10.1. The van der Waals surface area contributed by atoms with Crippen LogP contribution in [-0.4, -0.2) is 24.9 Å². The number of ether oxygens (including phenoxy) is 1. The van der Waals surface area contributed by atoms with Crippen LogP contribution in [0.5, 0.6) is 5.75 Å². The Morgan fingerprint density at radius 2 is 1.61 bits per heavy atom. The zero-order chi connectivity index (χ0) is 22.0. The number of hydrogen-bond acceptors (Lipinski definition) is 4. The van der Waals surface area contributed by atoms with E-state index in [4.69, 9.17) is 20.8 Å². The average molecular weight is 434 g/mol. The van der Waals surface area contributed by atoms with Crippen LogP contribution in [0, 0.1) is 0 Å². The van der Waals surface area contributed by atoms with Gasteiger partial charge in [-0.3, -0.25) is 4.79 Å². The number of likely N-dealkylation sites (N-methyl/N-ethyl adjacent to an activating group) is 1. The van der Waals surface area contributed by atoms with Crippen molar-refractivity contribution in [2.75, 3.05) is 14.1 Å². The van der Waals surface area contributed by atoms with Crippen LogP contribution in [0.4, 0.5) is 0 Å². The van der Waals surface area contributed by atoms with Gasteiger partial charge in [0.05, 0.1) is 5.02 Å². The van der Waals surface area contributed by atoms with Crippen molar-refractivity contribution in [2.24, 2.45) is 0 Å². The predicted octanol–water partition coefficient (Wildman–Crippen LogP) is 5.32. The van der Waals surface area contributed by atoms with Gasteiger partial charge >= 0.3 is 5.63 Å². The molecule has 31 heavy (non-hydrogen) atoms. The van der Waals surface area contributed by atoms with Gasteiger partial charge in [0, 0.05) is 37.2 Å². The summed E-state index contributed by atoms with van der Waals surface area (Å²) in [5, 5.41) is 0.990. The lowest BCUT2D eigenvalue weighted by Crippen LogP contribution is -2.31. The van der Waals surface area contributed by atoms with E-state index in [0.29, 0.717) is 27.1 Å². The first-order chi connectivity index (χ1) is 14.9. The number of halogens is 1. The van der Waals surface area contributed by atoms with Gasteiger partial charge in [-0.25, -0.2) is 4.79 Å². The maximum atomic E-state index is 12.8. The molecular formula is C25H20ClNO4. The molecule has 0 saturated carbocycles. The Balaban J connectivity index is 1.82. The first kappa shape index (κ1) is 20.7. The molecule has 0 saturated heterocycles. The zero-order valence-electron chi connectivity index (χ0n) is 17.0. The van der Waals surface area contributed by atoms with Crippen LogP contribution in [0.15, 0.2) is 88.1 Å². The number of amides is 1. The number of hydrogen-bond donors (Lipinski definition) is 0. The molecule has 1 atom stereocenters. The molecular weight excluding hydrogens is 414 g/mol. The van der Waals surface area contributed by atoms with Gasteiger partial charge in [-0.15, -0.1) is 0 Å². The number of rotatable bonds is 5. The second-order valence-electron chi connectivity index (χ2n) is 7.27. The lowest BCUT2D eigenvalue weighted by molar-refractivity contribution is -0.136. The fourth-order valence-electron chi connectivity index (χ4n) is 3.36. The van der Waals surface area contributed by atoms with Crippen LogP contribution in [-0.2, 0) is 4.79 Å². The largest absolute Gasteiger partial charge is 0.474 e. The number of benzene rings is 3. The molecule has 0 spiro atoms. The number of carbonyl (C=O) groups is 1. The maximum Gasteiger partial charge on any atom is 0.336 e. The van der Waals surface area contributed by atoms with E-state index in [1.54, 1.807) is 26.2 Å². The van der Waals surface area contributed by atoms with Crippen molar-refractivity contribution in [3.63, 3.8) is 0 Å². The van der Waals surface area contributed by atoms with Crippen molar-refractivity contribution in [3.8, 4) is 16.9 Å². The van der Waals surface area contributed by atoms with Gasteiger partial charge in [-0.05, 0) is 17.2 Å². The van der Waals surface area contributed by atoms with E-state index in [9.17, 15) is 9.59 Å². The third-order valence-corrected chi connectivity index (χ3v) is 5.19. The van der Waals surface area contributed by atoms with Crippen LogP contribution in [0.2, 0.25) is 5.02 Å². The van der Waals surface area contributed by atoms with Crippen LogP contribution >= 0.6 is 11.6 Å². The summed E-state index contributed by atoms with van der Waals surface area (Å²) in [6.45, 7) is 0. The van der Waals surface area contributed by atoms with Crippen LogP contribution in [0.1, 0.15) is 11.7 Å². The lowest BCUT2D eigenvalue weighted by atomic mass is 10.0. The molecule has 1 unspecified atom stereocenters. The molecule has 5 nitrogen and oxygen atoms in total. The van der Waals surface area contributed by atoms with Gasteiger partial charge in [0.25, 0.3) is 5.91 Å². The molecule has 3 aromatic carbocycles. The van der Waals surface area contributed by atoms with E-state index in [-0.39, 0.29) is 11.7 Å². The summed E-state index contributed by atoms with van der Waals surface area (Å²) in [5.41, 5.74) is 2.12. The molecule has 0 aliphatic heterocycles. The highest BCUT2D eigenvalue weighted by Gasteiger charge is 2.25. The quantitative estimate of drug-likeness (QED) is 0.399. The topological polar surface area (TPSA) is 59.8 Å². The fourth-order valence-corrected chi connectivity index (χ4v) is 3.57. The molecule has 0 fully saturated rings. The maximum absolute atomic E-state index is 12.8. The molecule has 4 rings (SSSR count). The molecule has 1 amide bonds. The molecule has 156 valence electrons. The summed E-state index contributed by atoms with van der Waals surface area (Å²) in [6.07, 6.45) is -0.893. The molecule has 1 heterocycles. The zero-order valence-corrected chi connectivity index (χ0v) is 17.8. The summed E-state index contributed by atoms with van der Waals surface area (Å²) in [7, 11) is 3.32. The van der Waals surface area contributed by atoms with E-state index in [2.05, 4.69) is 0 Å². The summed E-state index contributed by atoms with van der Waals surface area (Å²) in [4.78, 5) is 26.5. The van der Waals surface area contributed by atoms with E-state index in [0.717, 1.165) is 5.56 Å². The first-order valence-electron chi connectivity index (χ1n) is 9.69. The van der Waals surface area contributed by atoms with E-state index < -0.39 is 11.7 Å². The minimum absolute atomic E-state index is 0.234. The van der Waals surface area contributed by atoms with Crippen molar-refractivity contribution in [3.05, 3.63) is 99.9 Å². The van der Waals surface area contributed by atoms with Crippen molar-refractivity contribution in [1.82, 2.24) is 4.90 Å². The summed E-state index contributed by atoms with van der Waals surface area (Å²) in [5.74, 6) is 0.0217. The Bertz CT molecular complexity index is 1280. The van der Waals surface area contributed by atoms with E-state index in [1.165, 1.54) is 11.0 Å². The van der Waals surface area contributed by atoms with Crippen molar-refractivity contribution in [1.29, 1.82) is 0 Å². The second kappa shape index (κ2) is 8.66. The minimum Gasteiger partial charge on any atom is -0.474 e. The van der Waals surface area contributed by atoms with Gasteiger partial charge in [-0.2, -0.15) is 0 Å². The van der Waals surface area contributed by atoms with Gasteiger partial charge in [0.15, 0.2) is 0 Å². The molecule has 0 aliphatic rings. The van der Waals surface area contributed by atoms with E-state index in [1.807, 2.05) is 60.7 Å². The Labute approximate surface area is 184 Å². The predicted molar refractivity (Wildman–Crippen MR) is 121 cm³/mol. The van der Waals surface area contributed by atoms with Crippen molar-refractivity contribution in [2.45, 2.75) is 6.10 Å². The van der Waals surface area contributed by atoms with Crippen molar-refractivity contribution < 1.29 is 13.9 Å². The molecule has 1 aromatic heterocycles. The number of carbonyl (C=O) groups excluding carboxylic acids is 1. The summed E-state index contributed by atoms with van der Waals surface area (Å²) in [6, 6.07) is 23.4. The number of nitrogens with zero attached hydrogens (tertiary/aromatic N) is 1. The number of fused-ring (bicyclic) bond motifs is 1. The Kier molecular flexibility index (Phi) is 5.78. The SMILES string of the molecule is CN(C)C(=O)C(Oc1cc2oc(=O)cc(-c3ccccc3)c2cc1Cl)c1ccccc1. The molecule has 0 N–H and O–H groups in total. The third kappa shape index (κ3) is 4.32. The van der Waals surface area contributed by atoms with Crippen LogP contribution in [0.25, 0.3) is 22.1 Å². The van der Waals surface area contributed by atoms with Gasteiger partial charge < -0.3 is 14.1 Å². The lowest BCUT2D eigenvalue weighted by Gasteiger charge is -2.23. The smallest absolute Gasteiger partial charge is 0.336 e. The van der Waals surface area contributed by atoms with Crippen LogP contribution in [0.3, 0.4) is 0 Å². The summed E-state index contributed by atoms with van der Waals surface area (Å²) < 4.78 is 11.5. The van der Waals surface area contributed by atoms with Gasteiger partial charge in [-0.1, -0.05) is 72.3 Å². The van der Waals surface area contributed by atoms with Gasteiger partial charge in [0.2, 0.25) is 6.10 Å². The third-order valence-electron chi connectivity index (χ3n) is 4.89. The highest BCUT2D eigenvalue weighted by molar-refractivity contribution is 6.33. The minimum atomic E-state index is -0.893. The molecule has 0 radical (unpaired) electrons.